The summed E-state index contributed by atoms with van der Waals surface area (Å²) in [5, 5.41) is 3.03. The Balaban J connectivity index is 2.40. The van der Waals surface area contributed by atoms with E-state index in [1.807, 2.05) is 0 Å². The molecule has 0 spiro atoms. The number of nitrogens with one attached hydrogen (secondary N) is 1. The van der Waals surface area contributed by atoms with Gasteiger partial charge in [0.1, 0.15) is 5.82 Å². The molecule has 0 amide bonds. The van der Waals surface area contributed by atoms with E-state index in [0.29, 0.717) is 10.7 Å². The average Bonchev–Trinajstić information content (AvgIpc) is 2.57. The van der Waals surface area contributed by atoms with Crippen molar-refractivity contribution in [3.05, 3.63) is 70.5 Å². The summed E-state index contributed by atoms with van der Waals surface area (Å²) in [5.41, 5.74) is 0.412. The molecule has 0 unspecified atom stereocenters. The number of hydrogen-bond acceptors (Lipinski definition) is 5. The van der Waals surface area contributed by atoms with Gasteiger partial charge in [0.2, 0.25) is 9.84 Å². The van der Waals surface area contributed by atoms with Gasteiger partial charge in [0, 0.05) is 16.9 Å². The summed E-state index contributed by atoms with van der Waals surface area (Å²) in [6, 6.07) is 10.6. The first-order valence-corrected chi connectivity index (χ1v) is 9.10. The average molecular weight is 384 g/mol. The fraction of sp³-hybridized carbons (Fsp3) is 0.118. The predicted octanol–water partition coefficient (Wildman–Crippen LogP) is 3.77. The number of rotatable bonds is 6. The second kappa shape index (κ2) is 8.13. The summed E-state index contributed by atoms with van der Waals surface area (Å²) in [6.45, 7) is 1.58. The van der Waals surface area contributed by atoms with E-state index in [1.165, 1.54) is 48.5 Å². The molecule has 1 N–H and O–H groups in total. The number of sulfone groups is 1. The van der Waals surface area contributed by atoms with Crippen molar-refractivity contribution in [3.8, 4) is 0 Å². The van der Waals surface area contributed by atoms with Gasteiger partial charge in [-0.3, -0.25) is 0 Å². The SMILES string of the molecule is CCOC(=O)/C(=C\Nc1ccc(F)cc1)S(=O)(=O)c1ccc(Cl)cc1. The predicted molar refractivity (Wildman–Crippen MR) is 93.4 cm³/mol. The van der Waals surface area contributed by atoms with Crippen LogP contribution in [0, 0.1) is 5.82 Å². The molecular weight excluding hydrogens is 369 g/mol. The molecule has 2 aromatic rings. The third kappa shape index (κ3) is 4.80. The highest BCUT2D eigenvalue weighted by molar-refractivity contribution is 7.96. The number of esters is 1. The van der Waals surface area contributed by atoms with Crippen molar-refractivity contribution in [2.45, 2.75) is 11.8 Å². The number of halogens is 2. The first-order chi connectivity index (χ1) is 11.8. The molecule has 0 heterocycles. The Kier molecular flexibility index (Phi) is 6.17. The van der Waals surface area contributed by atoms with Crippen molar-refractivity contribution >= 4 is 33.1 Å². The van der Waals surface area contributed by atoms with Gasteiger partial charge in [0.05, 0.1) is 11.5 Å². The molecule has 0 aliphatic heterocycles. The minimum Gasteiger partial charge on any atom is -0.462 e. The van der Waals surface area contributed by atoms with E-state index < -0.39 is 26.5 Å². The Morgan fingerprint density at radius 2 is 1.76 bits per heavy atom. The molecule has 25 heavy (non-hydrogen) atoms. The molecule has 2 aromatic carbocycles. The molecule has 0 atom stereocenters. The second-order valence-electron chi connectivity index (χ2n) is 4.84. The highest BCUT2D eigenvalue weighted by Gasteiger charge is 2.28. The molecule has 0 saturated carbocycles. The van der Waals surface area contributed by atoms with Gasteiger partial charge in [-0.15, -0.1) is 0 Å². The Labute approximate surface area is 150 Å². The van der Waals surface area contributed by atoms with Gasteiger partial charge in [-0.2, -0.15) is 0 Å². The number of carbonyl (C=O) groups excluding carboxylic acids is 1. The van der Waals surface area contributed by atoms with Crippen LogP contribution in [0.15, 0.2) is 64.5 Å². The van der Waals surface area contributed by atoms with Gasteiger partial charge in [-0.1, -0.05) is 11.6 Å². The molecule has 8 heteroatoms. The lowest BCUT2D eigenvalue weighted by molar-refractivity contribution is -0.137. The molecule has 132 valence electrons. The van der Waals surface area contributed by atoms with Crippen molar-refractivity contribution in [1.29, 1.82) is 0 Å². The number of anilines is 1. The lowest BCUT2D eigenvalue weighted by Crippen LogP contribution is -2.18. The minimum absolute atomic E-state index is 0.0167. The molecule has 0 radical (unpaired) electrons. The van der Waals surface area contributed by atoms with Gasteiger partial charge in [-0.05, 0) is 55.5 Å². The zero-order valence-electron chi connectivity index (χ0n) is 13.2. The molecule has 0 saturated heterocycles. The van der Waals surface area contributed by atoms with E-state index >= 15 is 0 Å². The van der Waals surface area contributed by atoms with Crippen LogP contribution in [0.1, 0.15) is 6.92 Å². The normalized spacial score (nSPS) is 11.9. The van der Waals surface area contributed by atoms with Crippen LogP contribution in [-0.2, 0) is 19.4 Å². The van der Waals surface area contributed by atoms with Gasteiger partial charge < -0.3 is 10.1 Å². The van der Waals surface area contributed by atoms with Crippen molar-refractivity contribution in [2.24, 2.45) is 0 Å². The van der Waals surface area contributed by atoms with E-state index in [4.69, 9.17) is 16.3 Å². The Bertz CT molecular complexity index is 878. The van der Waals surface area contributed by atoms with Crippen molar-refractivity contribution in [1.82, 2.24) is 0 Å². The maximum atomic E-state index is 12.9. The first-order valence-electron chi connectivity index (χ1n) is 7.24. The van der Waals surface area contributed by atoms with Crippen LogP contribution in [0.3, 0.4) is 0 Å². The molecular formula is C17H15ClFNO4S. The van der Waals surface area contributed by atoms with E-state index in [0.717, 1.165) is 6.20 Å². The second-order valence-corrected chi connectivity index (χ2v) is 7.19. The maximum absolute atomic E-state index is 12.9. The van der Waals surface area contributed by atoms with Crippen LogP contribution in [-0.4, -0.2) is 21.0 Å². The standard InChI is InChI=1S/C17H15ClFNO4S/c1-2-24-17(21)16(11-20-14-7-5-13(19)6-8-14)25(22,23)15-9-3-12(18)4-10-15/h3-11,20H,2H2,1H3/b16-11+. The minimum atomic E-state index is -4.13. The van der Waals surface area contributed by atoms with Gasteiger partial charge in [-0.25, -0.2) is 17.6 Å². The largest absolute Gasteiger partial charge is 0.462 e. The number of hydrogen-bond donors (Lipinski definition) is 1. The summed E-state index contributed by atoms with van der Waals surface area (Å²) in [7, 11) is -4.13. The van der Waals surface area contributed by atoms with E-state index in [9.17, 15) is 17.6 Å². The van der Waals surface area contributed by atoms with Gasteiger partial charge in [0.15, 0.2) is 4.91 Å². The Morgan fingerprint density at radius 1 is 1.16 bits per heavy atom. The van der Waals surface area contributed by atoms with Crippen molar-refractivity contribution < 1.29 is 22.3 Å². The van der Waals surface area contributed by atoms with Crippen molar-refractivity contribution in [2.75, 3.05) is 11.9 Å². The molecule has 0 aliphatic rings. The molecule has 0 aliphatic carbocycles. The van der Waals surface area contributed by atoms with Crippen LogP contribution >= 0.6 is 11.6 Å². The lowest BCUT2D eigenvalue weighted by atomic mass is 10.3. The van der Waals surface area contributed by atoms with E-state index in [-0.39, 0.29) is 11.5 Å². The number of ether oxygens (including phenoxy) is 1. The first kappa shape index (κ1) is 19.0. The molecule has 0 aromatic heterocycles. The third-order valence-electron chi connectivity index (χ3n) is 3.10. The van der Waals surface area contributed by atoms with Gasteiger partial charge >= 0.3 is 5.97 Å². The summed E-state index contributed by atoms with van der Waals surface area (Å²) in [6.07, 6.45) is 1.02. The maximum Gasteiger partial charge on any atom is 0.351 e. The fourth-order valence-electron chi connectivity index (χ4n) is 1.88. The lowest BCUT2D eigenvalue weighted by Gasteiger charge is -2.10. The number of carbonyl (C=O) groups is 1. The number of benzene rings is 2. The monoisotopic (exact) mass is 383 g/mol. The zero-order valence-corrected chi connectivity index (χ0v) is 14.8. The van der Waals surface area contributed by atoms with E-state index in [2.05, 4.69) is 5.32 Å². The van der Waals surface area contributed by atoms with Crippen LogP contribution in [0.5, 0.6) is 0 Å². The zero-order chi connectivity index (χ0) is 18.4. The van der Waals surface area contributed by atoms with Gasteiger partial charge in [0.25, 0.3) is 0 Å². The fourth-order valence-corrected chi connectivity index (χ4v) is 3.25. The topological polar surface area (TPSA) is 72.5 Å². The summed E-state index contributed by atoms with van der Waals surface area (Å²) < 4.78 is 43.2. The molecule has 0 bridgehead atoms. The molecule has 5 nitrogen and oxygen atoms in total. The Hall–Kier alpha value is -2.38. The van der Waals surface area contributed by atoms with Crippen molar-refractivity contribution in [3.63, 3.8) is 0 Å². The molecule has 0 fully saturated rings. The summed E-state index contributed by atoms with van der Waals surface area (Å²) >= 11 is 5.76. The smallest absolute Gasteiger partial charge is 0.351 e. The van der Waals surface area contributed by atoms with Crippen LogP contribution in [0.4, 0.5) is 10.1 Å². The van der Waals surface area contributed by atoms with E-state index in [1.54, 1.807) is 6.92 Å². The van der Waals surface area contributed by atoms with Crippen LogP contribution in [0.25, 0.3) is 0 Å². The third-order valence-corrected chi connectivity index (χ3v) is 5.11. The van der Waals surface area contributed by atoms with Crippen LogP contribution in [0.2, 0.25) is 5.02 Å². The summed E-state index contributed by atoms with van der Waals surface area (Å²) in [4.78, 5) is 11.4. The van der Waals surface area contributed by atoms with Crippen LogP contribution < -0.4 is 5.32 Å². The summed E-state index contributed by atoms with van der Waals surface area (Å²) in [5.74, 6) is -1.43. The highest BCUT2D eigenvalue weighted by Crippen LogP contribution is 2.23. The quantitative estimate of drug-likeness (QED) is 0.607. The molecule has 2 rings (SSSR count). The highest BCUT2D eigenvalue weighted by atomic mass is 35.5. The Morgan fingerprint density at radius 3 is 2.32 bits per heavy atom.